The van der Waals surface area contributed by atoms with Gasteiger partial charge in [0, 0.05) is 12.1 Å². The van der Waals surface area contributed by atoms with E-state index < -0.39 is 5.97 Å². The van der Waals surface area contributed by atoms with Gasteiger partial charge in [-0.15, -0.1) is 0 Å². The van der Waals surface area contributed by atoms with Crippen molar-refractivity contribution < 1.29 is 14.3 Å². The lowest BCUT2D eigenvalue weighted by Crippen LogP contribution is -2.04. The van der Waals surface area contributed by atoms with E-state index in [9.17, 15) is 14.3 Å². The van der Waals surface area contributed by atoms with Crippen molar-refractivity contribution in [2.45, 2.75) is 38.1 Å². The number of carboxylic acid groups (broad SMARTS) is 1. The second-order valence-electron chi connectivity index (χ2n) is 5.54. The molecular weight excluding hydrogens is 271 g/mol. The zero-order valence-electron chi connectivity index (χ0n) is 11.6. The molecule has 0 saturated heterocycles. The second-order valence-corrected chi connectivity index (χ2v) is 5.54. The van der Waals surface area contributed by atoms with Crippen LogP contribution in [0.1, 0.15) is 53.2 Å². The molecule has 0 amide bonds. The van der Waals surface area contributed by atoms with Crippen LogP contribution in [0.25, 0.3) is 0 Å². The standard InChI is InChI=1S/C16H17FN2O2/c17-13-7-3-4-11(8-13)9-19-10-14(16(20)21)15(18-19)12-5-1-2-6-12/h3-4,7-8,10,12H,1-2,5-6,9H2,(H,20,21). The Morgan fingerprint density at radius 3 is 2.81 bits per heavy atom. The van der Waals surface area contributed by atoms with Crippen LogP contribution in [0.4, 0.5) is 4.39 Å². The molecule has 4 nitrogen and oxygen atoms in total. The molecule has 2 aromatic rings. The van der Waals surface area contributed by atoms with Crippen molar-refractivity contribution in [3.63, 3.8) is 0 Å². The fourth-order valence-corrected chi connectivity index (χ4v) is 3.01. The Hall–Kier alpha value is -2.17. The molecule has 1 heterocycles. The number of halogens is 1. The van der Waals surface area contributed by atoms with E-state index in [-0.39, 0.29) is 17.3 Å². The third-order valence-electron chi connectivity index (χ3n) is 4.00. The van der Waals surface area contributed by atoms with Gasteiger partial charge in [-0.25, -0.2) is 9.18 Å². The number of aromatic carboxylic acids is 1. The summed E-state index contributed by atoms with van der Waals surface area (Å²) in [7, 11) is 0. The monoisotopic (exact) mass is 288 g/mol. The number of aromatic nitrogens is 2. The highest BCUT2D eigenvalue weighted by Crippen LogP contribution is 2.35. The molecule has 110 valence electrons. The summed E-state index contributed by atoms with van der Waals surface area (Å²) in [5.41, 5.74) is 1.72. The Bertz CT molecular complexity index is 660. The number of hydrogen-bond acceptors (Lipinski definition) is 2. The molecule has 0 spiro atoms. The lowest BCUT2D eigenvalue weighted by Gasteiger charge is -2.06. The van der Waals surface area contributed by atoms with Crippen molar-refractivity contribution in [1.82, 2.24) is 9.78 Å². The first kappa shape index (κ1) is 13.8. The molecule has 0 radical (unpaired) electrons. The van der Waals surface area contributed by atoms with Gasteiger partial charge in [-0.05, 0) is 30.5 Å². The molecule has 0 unspecified atom stereocenters. The molecule has 0 aliphatic heterocycles. The summed E-state index contributed by atoms with van der Waals surface area (Å²) in [6.45, 7) is 0.380. The van der Waals surface area contributed by atoms with Gasteiger partial charge in [0.1, 0.15) is 11.4 Å². The topological polar surface area (TPSA) is 55.1 Å². The van der Waals surface area contributed by atoms with Crippen molar-refractivity contribution in [2.24, 2.45) is 0 Å². The molecule has 21 heavy (non-hydrogen) atoms. The lowest BCUT2D eigenvalue weighted by atomic mass is 10.0. The van der Waals surface area contributed by atoms with Crippen LogP contribution in [0.2, 0.25) is 0 Å². The Morgan fingerprint density at radius 2 is 2.14 bits per heavy atom. The Balaban J connectivity index is 1.89. The van der Waals surface area contributed by atoms with Crippen molar-refractivity contribution in [1.29, 1.82) is 0 Å². The fourth-order valence-electron chi connectivity index (χ4n) is 3.01. The molecule has 1 saturated carbocycles. The summed E-state index contributed by atoms with van der Waals surface area (Å²) in [4.78, 5) is 11.4. The minimum atomic E-state index is -0.942. The van der Waals surface area contributed by atoms with E-state index in [1.807, 2.05) is 0 Å². The molecular formula is C16H17FN2O2. The minimum absolute atomic E-state index is 0.241. The Morgan fingerprint density at radius 1 is 1.38 bits per heavy atom. The zero-order valence-corrected chi connectivity index (χ0v) is 11.6. The van der Waals surface area contributed by atoms with E-state index in [4.69, 9.17) is 0 Å². The van der Waals surface area contributed by atoms with Crippen LogP contribution >= 0.6 is 0 Å². The average molecular weight is 288 g/mol. The first-order valence-corrected chi connectivity index (χ1v) is 7.18. The predicted octanol–water partition coefficient (Wildman–Crippen LogP) is 3.43. The smallest absolute Gasteiger partial charge is 0.339 e. The minimum Gasteiger partial charge on any atom is -0.478 e. The van der Waals surface area contributed by atoms with Gasteiger partial charge in [0.2, 0.25) is 0 Å². The van der Waals surface area contributed by atoms with E-state index in [2.05, 4.69) is 5.10 Å². The van der Waals surface area contributed by atoms with E-state index in [0.29, 0.717) is 12.2 Å². The quantitative estimate of drug-likeness (QED) is 0.937. The summed E-state index contributed by atoms with van der Waals surface area (Å²) < 4.78 is 14.8. The molecule has 1 aromatic heterocycles. The van der Waals surface area contributed by atoms with E-state index in [1.165, 1.54) is 12.1 Å². The molecule has 0 bridgehead atoms. The molecule has 1 aliphatic rings. The summed E-state index contributed by atoms with van der Waals surface area (Å²) in [6, 6.07) is 6.28. The average Bonchev–Trinajstić information content (AvgIpc) is 3.06. The SMILES string of the molecule is O=C(O)c1cn(Cc2cccc(F)c2)nc1C1CCCC1. The third kappa shape index (κ3) is 2.96. The molecule has 1 N–H and O–H groups in total. The number of rotatable bonds is 4. The molecule has 5 heteroatoms. The van der Waals surface area contributed by atoms with Gasteiger partial charge in [-0.2, -0.15) is 5.10 Å². The summed E-state index contributed by atoms with van der Waals surface area (Å²) in [6.07, 6.45) is 5.80. The van der Waals surface area contributed by atoms with Crippen LogP contribution in [0.3, 0.4) is 0 Å². The maximum Gasteiger partial charge on any atom is 0.339 e. The van der Waals surface area contributed by atoms with Crippen LogP contribution in [0.5, 0.6) is 0 Å². The number of benzene rings is 1. The second kappa shape index (κ2) is 5.68. The first-order valence-electron chi connectivity index (χ1n) is 7.18. The lowest BCUT2D eigenvalue weighted by molar-refractivity contribution is 0.0695. The molecule has 0 atom stereocenters. The maximum atomic E-state index is 13.2. The molecule has 3 rings (SSSR count). The van der Waals surface area contributed by atoms with Gasteiger partial charge < -0.3 is 5.11 Å². The molecule has 1 aliphatic carbocycles. The van der Waals surface area contributed by atoms with Gasteiger partial charge in [0.15, 0.2) is 0 Å². The molecule has 1 fully saturated rings. The van der Waals surface area contributed by atoms with Gasteiger partial charge in [0.05, 0.1) is 12.2 Å². The number of carbonyl (C=O) groups is 1. The van der Waals surface area contributed by atoms with Gasteiger partial charge in [-0.3, -0.25) is 4.68 Å². The van der Waals surface area contributed by atoms with Gasteiger partial charge in [-0.1, -0.05) is 25.0 Å². The van der Waals surface area contributed by atoms with Crippen molar-refractivity contribution in [3.05, 3.63) is 53.1 Å². The van der Waals surface area contributed by atoms with Gasteiger partial charge >= 0.3 is 5.97 Å². The third-order valence-corrected chi connectivity index (χ3v) is 4.00. The maximum absolute atomic E-state index is 13.2. The Labute approximate surface area is 122 Å². The predicted molar refractivity (Wildman–Crippen MR) is 75.9 cm³/mol. The number of carboxylic acids is 1. The van der Waals surface area contributed by atoms with Crippen LogP contribution in [-0.2, 0) is 6.54 Å². The van der Waals surface area contributed by atoms with Crippen LogP contribution < -0.4 is 0 Å². The van der Waals surface area contributed by atoms with Crippen molar-refractivity contribution in [3.8, 4) is 0 Å². The van der Waals surface area contributed by atoms with Crippen molar-refractivity contribution in [2.75, 3.05) is 0 Å². The Kier molecular flexibility index (Phi) is 3.73. The first-order chi connectivity index (χ1) is 10.1. The summed E-state index contributed by atoms with van der Waals surface area (Å²) in [5.74, 6) is -0.999. The highest BCUT2D eigenvalue weighted by atomic mass is 19.1. The van der Waals surface area contributed by atoms with Crippen molar-refractivity contribution >= 4 is 5.97 Å². The largest absolute Gasteiger partial charge is 0.478 e. The number of hydrogen-bond donors (Lipinski definition) is 1. The zero-order chi connectivity index (χ0) is 14.8. The van der Waals surface area contributed by atoms with Crippen LogP contribution in [0, 0.1) is 5.82 Å². The van der Waals surface area contributed by atoms with E-state index in [0.717, 1.165) is 31.2 Å². The normalized spacial score (nSPS) is 15.5. The van der Waals surface area contributed by atoms with Crippen LogP contribution in [-0.4, -0.2) is 20.9 Å². The summed E-state index contributed by atoms with van der Waals surface area (Å²) in [5, 5.41) is 13.8. The fraction of sp³-hybridized carbons (Fsp3) is 0.375. The van der Waals surface area contributed by atoms with Gasteiger partial charge in [0.25, 0.3) is 0 Å². The summed E-state index contributed by atoms with van der Waals surface area (Å²) >= 11 is 0. The molecule has 1 aromatic carbocycles. The van der Waals surface area contributed by atoms with E-state index in [1.54, 1.807) is 23.0 Å². The van der Waals surface area contributed by atoms with E-state index >= 15 is 0 Å². The highest BCUT2D eigenvalue weighted by Gasteiger charge is 2.26. The number of nitrogens with zero attached hydrogens (tertiary/aromatic N) is 2. The highest BCUT2D eigenvalue weighted by molar-refractivity contribution is 5.88. The van der Waals surface area contributed by atoms with Crippen LogP contribution in [0.15, 0.2) is 30.5 Å².